The van der Waals surface area contributed by atoms with Crippen LogP contribution in [0.2, 0.25) is 0 Å². The topological polar surface area (TPSA) is 85.7 Å². The van der Waals surface area contributed by atoms with Crippen LogP contribution in [0.1, 0.15) is 80.3 Å². The van der Waals surface area contributed by atoms with Crippen molar-refractivity contribution in [1.82, 2.24) is 8.87 Å². The highest BCUT2D eigenvalue weighted by atomic mass is 32.2. The number of fused-ring (bicyclic) bond motifs is 1. The lowest BCUT2D eigenvalue weighted by Gasteiger charge is -2.44. The molecule has 0 bridgehead atoms. The minimum Gasteiger partial charge on any atom is -0.465 e. The van der Waals surface area contributed by atoms with Crippen molar-refractivity contribution < 1.29 is 22.7 Å². The second-order valence-electron chi connectivity index (χ2n) is 11.2. The summed E-state index contributed by atoms with van der Waals surface area (Å²) in [5.74, 6) is -0.314. The van der Waals surface area contributed by atoms with E-state index in [4.69, 9.17) is 4.74 Å². The number of Topliss-reactive ketones (excluding diaryl/α,β-unsaturated/α-hetero) is 1. The van der Waals surface area contributed by atoms with Crippen molar-refractivity contribution in [2.45, 2.75) is 78.7 Å². The standard InChI is InChI=1S/C28H38N2O5S/c1-7-35-24(31)18-30-19(2)21(25-22(30)17-27(3,4)28(5,6)26(25)32)16-20-12-8-9-13-23(20)36(33,34)29-14-10-11-15-29/h8-9,12-13H,7,10-11,14-18H2,1-6H3. The molecule has 196 valence electrons. The van der Waals surface area contributed by atoms with Gasteiger partial charge >= 0.3 is 5.97 Å². The Morgan fingerprint density at radius 1 is 1.08 bits per heavy atom. The summed E-state index contributed by atoms with van der Waals surface area (Å²) in [5.41, 5.74) is 2.81. The monoisotopic (exact) mass is 514 g/mol. The molecule has 7 nitrogen and oxygen atoms in total. The molecule has 36 heavy (non-hydrogen) atoms. The van der Waals surface area contributed by atoms with Gasteiger partial charge in [-0.05, 0) is 55.7 Å². The lowest BCUT2D eigenvalue weighted by molar-refractivity contribution is -0.143. The van der Waals surface area contributed by atoms with E-state index in [1.54, 1.807) is 23.4 Å². The number of ether oxygens (including phenoxy) is 1. The minimum absolute atomic E-state index is 0.0273. The molecule has 0 amide bonds. The van der Waals surface area contributed by atoms with Crippen LogP contribution in [0.15, 0.2) is 29.2 Å². The molecule has 0 radical (unpaired) electrons. The Labute approximate surface area is 214 Å². The maximum atomic E-state index is 14.0. The highest BCUT2D eigenvalue weighted by Gasteiger charge is 2.50. The predicted molar refractivity (Wildman–Crippen MR) is 139 cm³/mol. The van der Waals surface area contributed by atoms with Gasteiger partial charge in [-0.15, -0.1) is 0 Å². The maximum Gasteiger partial charge on any atom is 0.325 e. The molecular formula is C28H38N2O5S. The Morgan fingerprint density at radius 3 is 2.36 bits per heavy atom. The first-order valence-electron chi connectivity index (χ1n) is 12.8. The van der Waals surface area contributed by atoms with Crippen LogP contribution in [0.3, 0.4) is 0 Å². The summed E-state index contributed by atoms with van der Waals surface area (Å²) in [6.45, 7) is 13.2. The van der Waals surface area contributed by atoms with Gasteiger partial charge in [-0.1, -0.05) is 45.9 Å². The van der Waals surface area contributed by atoms with E-state index in [2.05, 4.69) is 13.8 Å². The highest BCUT2D eigenvalue weighted by molar-refractivity contribution is 7.89. The summed E-state index contributed by atoms with van der Waals surface area (Å²) in [5, 5.41) is 0. The van der Waals surface area contributed by atoms with E-state index in [1.807, 2.05) is 37.5 Å². The molecule has 0 unspecified atom stereocenters. The Kier molecular flexibility index (Phi) is 6.99. The van der Waals surface area contributed by atoms with E-state index in [9.17, 15) is 18.0 Å². The smallest absolute Gasteiger partial charge is 0.325 e. The molecule has 2 aliphatic rings. The number of rotatable bonds is 7. The Hall–Kier alpha value is -2.45. The summed E-state index contributed by atoms with van der Waals surface area (Å²) in [4.78, 5) is 26.8. The summed E-state index contributed by atoms with van der Waals surface area (Å²) in [6, 6.07) is 7.08. The number of benzene rings is 1. The largest absolute Gasteiger partial charge is 0.465 e. The molecule has 1 aliphatic heterocycles. The van der Waals surface area contributed by atoms with Gasteiger partial charge in [0.2, 0.25) is 10.0 Å². The number of sulfonamides is 1. The van der Waals surface area contributed by atoms with E-state index < -0.39 is 15.4 Å². The van der Waals surface area contributed by atoms with Gasteiger partial charge in [0.15, 0.2) is 5.78 Å². The lowest BCUT2D eigenvalue weighted by atomic mass is 9.58. The highest BCUT2D eigenvalue weighted by Crippen LogP contribution is 2.50. The van der Waals surface area contributed by atoms with Crippen LogP contribution in [-0.2, 0) is 38.9 Å². The minimum atomic E-state index is -3.63. The summed E-state index contributed by atoms with van der Waals surface area (Å²) in [7, 11) is -3.63. The molecule has 1 aromatic carbocycles. The van der Waals surface area contributed by atoms with E-state index in [0.29, 0.717) is 42.0 Å². The van der Waals surface area contributed by atoms with Crippen LogP contribution in [0.4, 0.5) is 0 Å². The van der Waals surface area contributed by atoms with Crippen molar-refractivity contribution in [3.05, 3.63) is 52.3 Å². The average Bonchev–Trinajstić information content (AvgIpc) is 3.43. The third-order valence-electron chi connectivity index (χ3n) is 8.47. The number of nitrogens with zero attached hydrogens (tertiary/aromatic N) is 2. The van der Waals surface area contributed by atoms with Gasteiger partial charge in [0, 0.05) is 41.9 Å². The molecule has 0 N–H and O–H groups in total. The molecule has 1 aliphatic carbocycles. The van der Waals surface area contributed by atoms with Crippen molar-refractivity contribution in [3.8, 4) is 0 Å². The fourth-order valence-electron chi connectivity index (χ4n) is 5.49. The average molecular weight is 515 g/mol. The molecule has 1 saturated heterocycles. The number of hydrogen-bond donors (Lipinski definition) is 0. The molecule has 0 saturated carbocycles. The van der Waals surface area contributed by atoms with Crippen LogP contribution in [0.5, 0.6) is 0 Å². The third kappa shape index (κ3) is 4.32. The van der Waals surface area contributed by atoms with E-state index in [-0.39, 0.29) is 30.3 Å². The van der Waals surface area contributed by atoms with Crippen molar-refractivity contribution in [2.75, 3.05) is 19.7 Å². The fourth-order valence-corrected chi connectivity index (χ4v) is 7.23. The number of carbonyl (C=O) groups excluding carboxylic acids is 2. The number of esters is 1. The molecule has 4 rings (SSSR count). The predicted octanol–water partition coefficient (Wildman–Crippen LogP) is 4.53. The van der Waals surface area contributed by atoms with Gasteiger partial charge in [-0.2, -0.15) is 4.31 Å². The Morgan fingerprint density at radius 2 is 1.72 bits per heavy atom. The first-order chi connectivity index (χ1) is 16.8. The maximum absolute atomic E-state index is 14.0. The zero-order valence-corrected chi connectivity index (χ0v) is 23.1. The van der Waals surface area contributed by atoms with Crippen LogP contribution in [-0.4, -0.2) is 48.7 Å². The normalized spacial score (nSPS) is 19.3. The van der Waals surface area contributed by atoms with E-state index in [0.717, 1.165) is 29.8 Å². The van der Waals surface area contributed by atoms with Gasteiger partial charge in [-0.3, -0.25) is 9.59 Å². The first kappa shape index (κ1) is 26.6. The van der Waals surface area contributed by atoms with Crippen LogP contribution in [0, 0.1) is 17.8 Å². The number of hydrogen-bond acceptors (Lipinski definition) is 5. The van der Waals surface area contributed by atoms with Crippen molar-refractivity contribution >= 4 is 21.8 Å². The summed E-state index contributed by atoms with van der Waals surface area (Å²) < 4.78 is 35.7. The Balaban J connectivity index is 1.86. The van der Waals surface area contributed by atoms with Crippen LogP contribution >= 0.6 is 0 Å². The van der Waals surface area contributed by atoms with E-state index in [1.165, 1.54) is 0 Å². The third-order valence-corrected chi connectivity index (χ3v) is 10.5. The van der Waals surface area contributed by atoms with Gasteiger partial charge in [-0.25, -0.2) is 8.42 Å². The molecule has 1 fully saturated rings. The molecule has 0 spiro atoms. The van der Waals surface area contributed by atoms with E-state index >= 15 is 0 Å². The van der Waals surface area contributed by atoms with Gasteiger partial charge < -0.3 is 9.30 Å². The quantitative estimate of drug-likeness (QED) is 0.507. The molecule has 1 aromatic heterocycles. The zero-order valence-electron chi connectivity index (χ0n) is 22.3. The van der Waals surface area contributed by atoms with Crippen LogP contribution < -0.4 is 0 Å². The van der Waals surface area contributed by atoms with Gasteiger partial charge in [0.25, 0.3) is 0 Å². The molecule has 0 atom stereocenters. The zero-order chi connectivity index (χ0) is 26.5. The van der Waals surface area contributed by atoms with Gasteiger partial charge in [0.05, 0.1) is 11.5 Å². The second-order valence-corrected chi connectivity index (χ2v) is 13.1. The molecular weight excluding hydrogens is 476 g/mol. The molecule has 2 aromatic rings. The number of carbonyl (C=O) groups is 2. The second kappa shape index (κ2) is 9.45. The summed E-state index contributed by atoms with van der Waals surface area (Å²) in [6.07, 6.45) is 2.67. The first-order valence-corrected chi connectivity index (χ1v) is 14.3. The van der Waals surface area contributed by atoms with Crippen LogP contribution in [0.25, 0.3) is 0 Å². The Bertz CT molecular complexity index is 1300. The van der Waals surface area contributed by atoms with Gasteiger partial charge in [0.1, 0.15) is 6.54 Å². The molecule has 8 heteroatoms. The fraction of sp³-hybridized carbons (Fsp3) is 0.571. The number of aromatic nitrogens is 1. The van der Waals surface area contributed by atoms with Crippen molar-refractivity contribution in [2.24, 2.45) is 10.8 Å². The lowest BCUT2D eigenvalue weighted by Crippen LogP contribution is -2.46. The van der Waals surface area contributed by atoms with Crippen molar-refractivity contribution in [1.29, 1.82) is 0 Å². The van der Waals surface area contributed by atoms with Crippen molar-refractivity contribution in [3.63, 3.8) is 0 Å². The number of ketones is 1. The SMILES string of the molecule is CCOC(=O)Cn1c(C)c(Cc2ccccc2S(=O)(=O)N2CCCC2)c2c1CC(C)(C)C(C)(C)C2=O. The summed E-state index contributed by atoms with van der Waals surface area (Å²) >= 11 is 0. The molecule has 2 heterocycles.